The Balaban J connectivity index is 1.80. The molecular weight excluding hydrogens is 321 g/mol. The third-order valence-electron chi connectivity index (χ3n) is 4.44. The van der Waals surface area contributed by atoms with Gasteiger partial charge in [0.25, 0.3) is 5.91 Å². The quantitative estimate of drug-likeness (QED) is 0.898. The summed E-state index contributed by atoms with van der Waals surface area (Å²) in [6.07, 6.45) is 1.67. The van der Waals surface area contributed by atoms with Crippen molar-refractivity contribution in [3.8, 4) is 0 Å². The van der Waals surface area contributed by atoms with Gasteiger partial charge in [-0.1, -0.05) is 18.2 Å². The predicted molar refractivity (Wildman–Crippen MR) is 95.3 cm³/mol. The molecule has 0 saturated carbocycles. The number of nitrogens with one attached hydrogen (secondary N) is 1. The number of hydrogen-bond donors (Lipinski definition) is 2. The van der Waals surface area contributed by atoms with Crippen LogP contribution in [-0.2, 0) is 11.2 Å². The summed E-state index contributed by atoms with van der Waals surface area (Å²) < 4.78 is 14.3. The molecule has 130 valence electrons. The maximum atomic E-state index is 14.3. The van der Waals surface area contributed by atoms with Gasteiger partial charge in [0.05, 0.1) is 23.5 Å². The number of fused-ring (bicyclic) bond motifs is 1. The van der Waals surface area contributed by atoms with E-state index in [1.807, 2.05) is 6.92 Å². The highest BCUT2D eigenvalue weighted by Gasteiger charge is 2.24. The van der Waals surface area contributed by atoms with Crippen molar-refractivity contribution >= 4 is 23.2 Å². The predicted octanol–water partition coefficient (Wildman–Crippen LogP) is 2.62. The summed E-state index contributed by atoms with van der Waals surface area (Å²) in [5.74, 6) is -1.24. The van der Waals surface area contributed by atoms with Crippen molar-refractivity contribution in [3.05, 3.63) is 58.9 Å². The van der Waals surface area contributed by atoms with Gasteiger partial charge in [-0.25, -0.2) is 4.39 Å². The Morgan fingerprint density at radius 2 is 2.00 bits per heavy atom. The lowest BCUT2D eigenvalue weighted by Crippen LogP contribution is -2.38. The number of aryl methyl sites for hydroxylation is 1. The molecule has 2 aromatic carbocycles. The summed E-state index contributed by atoms with van der Waals surface area (Å²) in [6, 6.07) is 9.76. The number of carbonyl (C=O) groups excluding carboxylic acids is 2. The number of nitrogens with two attached hydrogens (primary N) is 1. The highest BCUT2D eigenvalue weighted by Crippen LogP contribution is 2.32. The largest absolute Gasteiger partial charge is 0.366 e. The van der Waals surface area contributed by atoms with Gasteiger partial charge in [-0.2, -0.15) is 0 Å². The van der Waals surface area contributed by atoms with Crippen molar-refractivity contribution in [1.29, 1.82) is 0 Å². The maximum Gasteiger partial charge on any atom is 0.250 e. The Kier molecular flexibility index (Phi) is 4.70. The van der Waals surface area contributed by atoms with Gasteiger partial charge in [0.2, 0.25) is 5.91 Å². The summed E-state index contributed by atoms with van der Waals surface area (Å²) in [4.78, 5) is 25.6. The standard InChI is InChI=1S/C19H20FN3O2/c1-12-8-9-15(20)18-13(12)6-4-10-23(18)11-17(24)22-16-7-3-2-5-14(16)19(21)25/h2-3,5,7-9H,4,6,10-11H2,1H3,(H2,21,25)(H,22,24). The number of rotatable bonds is 4. The second kappa shape index (κ2) is 6.93. The van der Waals surface area contributed by atoms with Crippen molar-refractivity contribution in [2.24, 2.45) is 5.73 Å². The monoisotopic (exact) mass is 341 g/mol. The van der Waals surface area contributed by atoms with Gasteiger partial charge < -0.3 is 16.0 Å². The molecule has 25 heavy (non-hydrogen) atoms. The molecule has 1 heterocycles. The zero-order valence-electron chi connectivity index (χ0n) is 14.0. The molecule has 3 rings (SSSR count). The van der Waals surface area contributed by atoms with Gasteiger partial charge in [-0.3, -0.25) is 9.59 Å². The molecule has 2 aromatic rings. The molecule has 3 N–H and O–H groups in total. The number of carbonyl (C=O) groups is 2. The number of para-hydroxylation sites is 1. The number of primary amides is 1. The summed E-state index contributed by atoms with van der Waals surface area (Å²) in [7, 11) is 0. The molecular formula is C19H20FN3O2. The molecule has 0 unspecified atom stereocenters. The third kappa shape index (κ3) is 3.47. The number of anilines is 2. The first-order valence-corrected chi connectivity index (χ1v) is 8.19. The topological polar surface area (TPSA) is 75.4 Å². The number of amides is 2. The van der Waals surface area contributed by atoms with Crippen molar-refractivity contribution in [3.63, 3.8) is 0 Å². The molecule has 0 radical (unpaired) electrons. The summed E-state index contributed by atoms with van der Waals surface area (Å²) >= 11 is 0. The van der Waals surface area contributed by atoms with Crippen molar-refractivity contribution < 1.29 is 14.0 Å². The highest BCUT2D eigenvalue weighted by atomic mass is 19.1. The minimum atomic E-state index is -0.610. The van der Waals surface area contributed by atoms with Crippen LogP contribution in [0.3, 0.4) is 0 Å². The van der Waals surface area contributed by atoms with Crippen LogP contribution in [0, 0.1) is 12.7 Å². The van der Waals surface area contributed by atoms with E-state index in [1.54, 1.807) is 35.2 Å². The zero-order valence-corrected chi connectivity index (χ0v) is 14.0. The smallest absolute Gasteiger partial charge is 0.250 e. The number of hydrogen-bond acceptors (Lipinski definition) is 3. The molecule has 0 fully saturated rings. The van der Waals surface area contributed by atoms with E-state index < -0.39 is 5.91 Å². The Hall–Kier alpha value is -2.89. The van der Waals surface area contributed by atoms with E-state index in [1.165, 1.54) is 6.07 Å². The van der Waals surface area contributed by atoms with Crippen LogP contribution in [-0.4, -0.2) is 24.9 Å². The van der Waals surface area contributed by atoms with E-state index in [2.05, 4.69) is 5.32 Å². The second-order valence-electron chi connectivity index (χ2n) is 6.17. The minimum Gasteiger partial charge on any atom is -0.366 e. The summed E-state index contributed by atoms with van der Waals surface area (Å²) in [5, 5.41) is 2.70. The number of nitrogens with zero attached hydrogens (tertiary/aromatic N) is 1. The fourth-order valence-electron chi connectivity index (χ4n) is 3.25. The lowest BCUT2D eigenvalue weighted by atomic mass is 9.96. The van der Waals surface area contributed by atoms with Crippen LogP contribution in [0.2, 0.25) is 0 Å². The normalized spacial score (nSPS) is 13.3. The SMILES string of the molecule is Cc1ccc(F)c2c1CCCN2CC(=O)Nc1ccccc1C(N)=O. The average molecular weight is 341 g/mol. The van der Waals surface area contributed by atoms with Gasteiger partial charge in [-0.05, 0) is 49.1 Å². The third-order valence-corrected chi connectivity index (χ3v) is 4.44. The van der Waals surface area contributed by atoms with E-state index in [4.69, 9.17) is 5.73 Å². The molecule has 0 saturated heterocycles. The first kappa shape index (κ1) is 17.0. The number of benzene rings is 2. The first-order chi connectivity index (χ1) is 12.0. The van der Waals surface area contributed by atoms with Crippen LogP contribution in [0.15, 0.2) is 36.4 Å². The molecule has 0 spiro atoms. The lowest BCUT2D eigenvalue weighted by Gasteiger charge is -2.32. The van der Waals surface area contributed by atoms with Gasteiger partial charge in [0.1, 0.15) is 5.82 Å². The fraction of sp³-hybridized carbons (Fsp3) is 0.263. The Morgan fingerprint density at radius 1 is 1.24 bits per heavy atom. The summed E-state index contributed by atoms with van der Waals surface area (Å²) in [5.41, 5.74) is 8.42. The number of halogens is 1. The zero-order chi connectivity index (χ0) is 18.0. The Bertz CT molecular complexity index is 835. The van der Waals surface area contributed by atoms with Crippen LogP contribution < -0.4 is 16.0 Å². The molecule has 0 atom stereocenters. The lowest BCUT2D eigenvalue weighted by molar-refractivity contribution is -0.115. The van der Waals surface area contributed by atoms with Crippen LogP contribution in [0.1, 0.15) is 27.9 Å². The second-order valence-corrected chi connectivity index (χ2v) is 6.17. The van der Waals surface area contributed by atoms with E-state index in [0.717, 1.165) is 24.0 Å². The maximum absolute atomic E-state index is 14.3. The molecule has 2 amide bonds. The minimum absolute atomic E-state index is 0.0144. The average Bonchev–Trinajstić information content (AvgIpc) is 2.58. The Labute approximate surface area is 145 Å². The van der Waals surface area contributed by atoms with Crippen LogP contribution in [0.5, 0.6) is 0 Å². The molecule has 0 aliphatic carbocycles. The highest BCUT2D eigenvalue weighted by molar-refractivity contribution is 6.03. The van der Waals surface area contributed by atoms with Crippen LogP contribution in [0.25, 0.3) is 0 Å². The van der Waals surface area contributed by atoms with Crippen LogP contribution in [0.4, 0.5) is 15.8 Å². The molecule has 0 aromatic heterocycles. The van der Waals surface area contributed by atoms with E-state index in [-0.39, 0.29) is 23.8 Å². The molecule has 1 aliphatic heterocycles. The van der Waals surface area contributed by atoms with Crippen molar-refractivity contribution in [1.82, 2.24) is 0 Å². The van der Waals surface area contributed by atoms with Crippen LogP contribution >= 0.6 is 0 Å². The van der Waals surface area contributed by atoms with Crippen molar-refractivity contribution in [2.75, 3.05) is 23.3 Å². The molecule has 5 nitrogen and oxygen atoms in total. The first-order valence-electron chi connectivity index (χ1n) is 8.19. The van der Waals surface area contributed by atoms with Gasteiger partial charge in [-0.15, -0.1) is 0 Å². The fourth-order valence-corrected chi connectivity index (χ4v) is 3.25. The van der Waals surface area contributed by atoms with E-state index in [9.17, 15) is 14.0 Å². The van der Waals surface area contributed by atoms with Crippen molar-refractivity contribution in [2.45, 2.75) is 19.8 Å². The molecule has 0 bridgehead atoms. The Morgan fingerprint density at radius 3 is 2.76 bits per heavy atom. The van der Waals surface area contributed by atoms with Gasteiger partial charge >= 0.3 is 0 Å². The van der Waals surface area contributed by atoms with E-state index >= 15 is 0 Å². The molecule has 1 aliphatic rings. The van der Waals surface area contributed by atoms with Gasteiger partial charge in [0, 0.05) is 6.54 Å². The van der Waals surface area contributed by atoms with E-state index in [0.29, 0.717) is 17.9 Å². The summed E-state index contributed by atoms with van der Waals surface area (Å²) in [6.45, 7) is 2.57. The molecule has 6 heteroatoms. The van der Waals surface area contributed by atoms with Gasteiger partial charge in [0.15, 0.2) is 0 Å².